The first-order valence-electron chi connectivity index (χ1n) is 11.5. The number of nitrogens with one attached hydrogen (secondary N) is 1. The highest BCUT2D eigenvalue weighted by atomic mass is 16.5. The molecule has 3 rings (SSSR count). The van der Waals surface area contributed by atoms with Crippen molar-refractivity contribution in [2.24, 2.45) is 16.6 Å². The molecule has 2 heterocycles. The Morgan fingerprint density at radius 2 is 2.16 bits per heavy atom. The van der Waals surface area contributed by atoms with E-state index in [4.69, 9.17) is 20.2 Å². The third-order valence-corrected chi connectivity index (χ3v) is 6.55. The highest BCUT2D eigenvalue weighted by Crippen LogP contribution is 2.40. The zero-order valence-electron chi connectivity index (χ0n) is 19.3. The Morgan fingerprint density at radius 3 is 2.84 bits per heavy atom. The predicted octanol–water partition coefficient (Wildman–Crippen LogP) is 2.60. The van der Waals surface area contributed by atoms with Crippen LogP contribution in [-0.4, -0.2) is 63.3 Å². The van der Waals surface area contributed by atoms with Crippen molar-refractivity contribution in [1.82, 2.24) is 10.2 Å². The topological polar surface area (TPSA) is 89.2 Å². The molecule has 2 aliphatic rings. The van der Waals surface area contributed by atoms with Crippen molar-refractivity contribution >= 4 is 11.9 Å². The van der Waals surface area contributed by atoms with E-state index in [0.29, 0.717) is 18.9 Å². The van der Waals surface area contributed by atoms with Crippen LogP contribution in [0.5, 0.6) is 5.75 Å². The van der Waals surface area contributed by atoms with Crippen LogP contribution in [-0.2, 0) is 14.9 Å². The first-order chi connectivity index (χ1) is 15.0. The average Bonchev–Trinajstić information content (AvgIpc) is 2.77. The minimum atomic E-state index is -0.221. The van der Waals surface area contributed by atoms with E-state index >= 15 is 0 Å². The maximum Gasteiger partial charge on any atom is 0.217 e. The van der Waals surface area contributed by atoms with Crippen molar-refractivity contribution in [3.05, 3.63) is 29.3 Å². The lowest BCUT2D eigenvalue weighted by Crippen LogP contribution is -2.48. The number of hydrogen-bond acceptors (Lipinski definition) is 4. The predicted molar refractivity (Wildman–Crippen MR) is 124 cm³/mol. The number of carbonyl (C=O) groups excluding carboxylic acids is 1. The summed E-state index contributed by atoms with van der Waals surface area (Å²) in [6, 6.07) is 6.40. The molecule has 0 spiro atoms. The second-order valence-corrected chi connectivity index (χ2v) is 8.89. The van der Waals surface area contributed by atoms with Gasteiger partial charge in [-0.25, -0.2) is 0 Å². The summed E-state index contributed by atoms with van der Waals surface area (Å²) in [5.41, 5.74) is 7.79. The molecule has 2 fully saturated rings. The molecule has 1 aromatic carbocycles. The number of carbonyl (C=O) groups is 1. The van der Waals surface area contributed by atoms with Gasteiger partial charge in [-0.1, -0.05) is 17.7 Å². The number of ether oxygens (including phenoxy) is 2. The Hall–Kier alpha value is -2.28. The number of nitrogens with two attached hydrogens (primary N) is 1. The molecular formula is C24H38N4O3. The molecule has 2 aliphatic heterocycles. The third-order valence-electron chi connectivity index (χ3n) is 6.55. The van der Waals surface area contributed by atoms with Crippen LogP contribution in [0.2, 0.25) is 0 Å². The fourth-order valence-electron chi connectivity index (χ4n) is 4.87. The van der Waals surface area contributed by atoms with Crippen LogP contribution in [0, 0.1) is 12.8 Å². The summed E-state index contributed by atoms with van der Waals surface area (Å²) in [6.07, 6.45) is 4.37. The van der Waals surface area contributed by atoms with Crippen LogP contribution in [0.3, 0.4) is 0 Å². The number of aliphatic imine (C=N–C) groups is 1. The highest BCUT2D eigenvalue weighted by molar-refractivity contribution is 5.80. The van der Waals surface area contributed by atoms with Gasteiger partial charge in [0.2, 0.25) is 5.91 Å². The molecule has 172 valence electrons. The van der Waals surface area contributed by atoms with Crippen molar-refractivity contribution in [3.8, 4) is 5.75 Å². The molecule has 7 nitrogen and oxygen atoms in total. The largest absolute Gasteiger partial charge is 0.496 e. The summed E-state index contributed by atoms with van der Waals surface area (Å²) in [6.45, 7) is 8.92. The maximum absolute atomic E-state index is 11.4. The number of piperidine rings is 1. The average molecular weight is 431 g/mol. The van der Waals surface area contributed by atoms with Crippen LogP contribution in [0.1, 0.15) is 50.2 Å². The van der Waals surface area contributed by atoms with E-state index in [1.807, 2.05) is 0 Å². The Bertz CT molecular complexity index is 774. The molecule has 2 saturated heterocycles. The van der Waals surface area contributed by atoms with Gasteiger partial charge in [-0.15, -0.1) is 0 Å². The number of aryl methyl sites for hydroxylation is 1. The van der Waals surface area contributed by atoms with E-state index in [1.165, 1.54) is 11.1 Å². The van der Waals surface area contributed by atoms with Gasteiger partial charge in [-0.3, -0.25) is 9.79 Å². The van der Waals surface area contributed by atoms with Gasteiger partial charge in [0.25, 0.3) is 0 Å². The molecular weight excluding hydrogens is 392 g/mol. The highest BCUT2D eigenvalue weighted by Gasteiger charge is 2.37. The van der Waals surface area contributed by atoms with Gasteiger partial charge >= 0.3 is 0 Å². The molecule has 0 aromatic heterocycles. The van der Waals surface area contributed by atoms with E-state index in [1.54, 1.807) is 7.11 Å². The summed E-state index contributed by atoms with van der Waals surface area (Å²) < 4.78 is 11.5. The number of primary amides is 1. The molecule has 0 radical (unpaired) electrons. The van der Waals surface area contributed by atoms with Gasteiger partial charge in [-0.2, -0.15) is 0 Å². The van der Waals surface area contributed by atoms with E-state index in [9.17, 15) is 4.79 Å². The molecule has 0 bridgehead atoms. The van der Waals surface area contributed by atoms with Crippen molar-refractivity contribution < 1.29 is 14.3 Å². The molecule has 0 aliphatic carbocycles. The number of nitrogens with zero attached hydrogens (tertiary/aromatic N) is 2. The van der Waals surface area contributed by atoms with Crippen LogP contribution in [0.4, 0.5) is 0 Å². The SMILES string of the molecule is CCNC(=NCC1(c2cc(C)ccc2OC)CCOCC1)N1CCCC(CC(N)=O)C1. The first-order valence-corrected chi connectivity index (χ1v) is 11.5. The van der Waals surface area contributed by atoms with Gasteiger partial charge in [0.15, 0.2) is 5.96 Å². The third kappa shape index (κ3) is 5.91. The maximum atomic E-state index is 11.4. The Labute approximate surface area is 186 Å². The van der Waals surface area contributed by atoms with E-state index in [2.05, 4.69) is 42.3 Å². The van der Waals surface area contributed by atoms with Crippen molar-refractivity contribution in [2.75, 3.05) is 46.5 Å². The fraction of sp³-hybridized carbons (Fsp3) is 0.667. The lowest BCUT2D eigenvalue weighted by atomic mass is 9.73. The molecule has 1 unspecified atom stereocenters. The number of methoxy groups -OCH3 is 1. The fourth-order valence-corrected chi connectivity index (χ4v) is 4.87. The summed E-state index contributed by atoms with van der Waals surface area (Å²) in [7, 11) is 1.74. The van der Waals surface area contributed by atoms with E-state index in [-0.39, 0.29) is 11.3 Å². The first kappa shape index (κ1) is 23.4. The lowest BCUT2D eigenvalue weighted by Gasteiger charge is -2.39. The molecule has 1 atom stereocenters. The summed E-state index contributed by atoms with van der Waals surface area (Å²) in [5, 5.41) is 3.47. The molecule has 1 aromatic rings. The van der Waals surface area contributed by atoms with E-state index in [0.717, 1.165) is 70.2 Å². The molecule has 31 heavy (non-hydrogen) atoms. The van der Waals surface area contributed by atoms with Crippen LogP contribution in [0.15, 0.2) is 23.2 Å². The van der Waals surface area contributed by atoms with Crippen molar-refractivity contribution in [3.63, 3.8) is 0 Å². The van der Waals surface area contributed by atoms with Crippen LogP contribution >= 0.6 is 0 Å². The van der Waals surface area contributed by atoms with Gasteiger partial charge in [0.05, 0.1) is 13.7 Å². The molecule has 3 N–H and O–H groups in total. The second-order valence-electron chi connectivity index (χ2n) is 8.89. The van der Waals surface area contributed by atoms with Crippen LogP contribution < -0.4 is 15.8 Å². The van der Waals surface area contributed by atoms with Crippen LogP contribution in [0.25, 0.3) is 0 Å². The normalized spacial score (nSPS) is 21.6. The molecule has 7 heteroatoms. The number of likely N-dealkylation sites (tertiary alicyclic amines) is 1. The summed E-state index contributed by atoms with van der Waals surface area (Å²) in [5.74, 6) is 1.92. The number of guanidine groups is 1. The number of rotatable bonds is 7. The lowest BCUT2D eigenvalue weighted by molar-refractivity contribution is -0.119. The minimum absolute atomic E-state index is 0.112. The Morgan fingerprint density at radius 1 is 1.39 bits per heavy atom. The van der Waals surface area contributed by atoms with Gasteiger partial charge in [0, 0.05) is 50.2 Å². The standard InChI is InChI=1S/C24H38N4O3/c1-4-26-23(28-11-5-6-19(16-28)15-22(25)29)27-17-24(9-12-31-13-10-24)20-14-18(2)7-8-21(20)30-3/h7-8,14,19H,4-6,9-13,15-17H2,1-3H3,(H2,25,29)(H,26,27). The quantitative estimate of drug-likeness (QED) is 0.513. The number of benzene rings is 1. The summed E-state index contributed by atoms with van der Waals surface area (Å²) in [4.78, 5) is 18.8. The second kappa shape index (κ2) is 10.8. The number of hydrogen-bond donors (Lipinski definition) is 2. The van der Waals surface area contributed by atoms with Gasteiger partial charge in [-0.05, 0) is 51.5 Å². The molecule has 1 amide bonds. The Kier molecular flexibility index (Phi) is 8.18. The zero-order valence-corrected chi connectivity index (χ0v) is 19.3. The Balaban J connectivity index is 1.87. The summed E-state index contributed by atoms with van der Waals surface area (Å²) >= 11 is 0. The van der Waals surface area contributed by atoms with Crippen molar-refractivity contribution in [1.29, 1.82) is 0 Å². The number of amides is 1. The zero-order chi connectivity index (χ0) is 22.3. The van der Waals surface area contributed by atoms with E-state index < -0.39 is 0 Å². The smallest absolute Gasteiger partial charge is 0.217 e. The molecule has 0 saturated carbocycles. The van der Waals surface area contributed by atoms with Gasteiger partial charge < -0.3 is 25.4 Å². The van der Waals surface area contributed by atoms with Crippen molar-refractivity contribution in [2.45, 2.75) is 51.4 Å². The van der Waals surface area contributed by atoms with Gasteiger partial charge in [0.1, 0.15) is 5.75 Å². The monoisotopic (exact) mass is 430 g/mol. The minimum Gasteiger partial charge on any atom is -0.496 e.